The molecule has 0 saturated carbocycles. The fourth-order valence-corrected chi connectivity index (χ4v) is 2.73. The first-order valence-corrected chi connectivity index (χ1v) is 8.25. The zero-order valence-electron chi connectivity index (χ0n) is 11.2. The van der Waals surface area contributed by atoms with Gasteiger partial charge in [-0.2, -0.15) is 0 Å². The predicted octanol–water partition coefficient (Wildman–Crippen LogP) is 3.89. The Bertz CT molecular complexity index is 854. The minimum Gasteiger partial charge on any atom is -0.405 e. The molecular weight excluding hydrogens is 273 g/mol. The monoisotopic (exact) mass is 287 g/mol. The first kappa shape index (κ1) is 13.1. The number of rotatable bonds is 2. The number of hydrogen-bond acceptors (Lipinski definition) is 3. The lowest BCUT2D eigenvalue weighted by molar-refractivity contribution is 0.384. The molecule has 0 fully saturated rings. The molecule has 3 aromatic rings. The van der Waals surface area contributed by atoms with Crippen molar-refractivity contribution in [3.8, 4) is 5.88 Å². The molecule has 0 radical (unpaired) electrons. The van der Waals surface area contributed by atoms with Crippen LogP contribution in [0.2, 0.25) is 0 Å². The standard InChI is InChI=1S/C15H14NO3P/c1-10-7-8-11-12-5-3-4-6-14(12)16-15(13(11)9-10)19-20(2,17)18/h3-9H,1-2H3,(H,17,18). The molecule has 1 aromatic heterocycles. The molecule has 102 valence electrons. The lowest BCUT2D eigenvalue weighted by Crippen LogP contribution is -1.95. The van der Waals surface area contributed by atoms with E-state index in [9.17, 15) is 9.46 Å². The molecule has 0 aliphatic rings. The van der Waals surface area contributed by atoms with Gasteiger partial charge in [-0.1, -0.05) is 35.9 Å². The minimum absolute atomic E-state index is 0.204. The van der Waals surface area contributed by atoms with E-state index < -0.39 is 7.60 Å². The highest BCUT2D eigenvalue weighted by molar-refractivity contribution is 7.52. The summed E-state index contributed by atoms with van der Waals surface area (Å²) in [5.74, 6) is 0.204. The molecule has 1 unspecified atom stereocenters. The molecule has 5 heteroatoms. The van der Waals surface area contributed by atoms with Crippen LogP contribution in [0.15, 0.2) is 42.5 Å². The summed E-state index contributed by atoms with van der Waals surface area (Å²) in [5, 5.41) is 2.71. The number of aromatic nitrogens is 1. The minimum atomic E-state index is -3.65. The van der Waals surface area contributed by atoms with Gasteiger partial charge in [0.05, 0.1) is 5.52 Å². The number of fused-ring (bicyclic) bond motifs is 3. The quantitative estimate of drug-likeness (QED) is 0.574. The highest BCUT2D eigenvalue weighted by Gasteiger charge is 2.17. The average Bonchev–Trinajstić information content (AvgIpc) is 2.37. The van der Waals surface area contributed by atoms with Crippen molar-refractivity contribution in [2.24, 2.45) is 0 Å². The largest absolute Gasteiger partial charge is 0.405 e. The lowest BCUT2D eigenvalue weighted by Gasteiger charge is -2.12. The summed E-state index contributed by atoms with van der Waals surface area (Å²) >= 11 is 0. The smallest absolute Gasteiger partial charge is 0.374 e. The topological polar surface area (TPSA) is 59.4 Å². The maximum Gasteiger partial charge on any atom is 0.374 e. The average molecular weight is 287 g/mol. The predicted molar refractivity (Wildman–Crippen MR) is 80.4 cm³/mol. The number of benzene rings is 2. The van der Waals surface area contributed by atoms with Crippen LogP contribution in [0.3, 0.4) is 0 Å². The van der Waals surface area contributed by atoms with Gasteiger partial charge in [0.25, 0.3) is 0 Å². The summed E-state index contributed by atoms with van der Waals surface area (Å²) in [4.78, 5) is 13.8. The fraction of sp³-hybridized carbons (Fsp3) is 0.133. The summed E-state index contributed by atoms with van der Waals surface area (Å²) in [5.41, 5.74) is 1.79. The van der Waals surface area contributed by atoms with Crippen molar-refractivity contribution in [2.45, 2.75) is 6.92 Å². The molecule has 0 aliphatic heterocycles. The van der Waals surface area contributed by atoms with Crippen LogP contribution >= 0.6 is 7.60 Å². The van der Waals surface area contributed by atoms with Crippen molar-refractivity contribution in [3.05, 3.63) is 48.0 Å². The van der Waals surface area contributed by atoms with E-state index in [0.29, 0.717) is 0 Å². The number of aryl methyl sites for hydroxylation is 1. The molecule has 3 rings (SSSR count). The maximum atomic E-state index is 11.5. The van der Waals surface area contributed by atoms with Crippen molar-refractivity contribution in [1.29, 1.82) is 0 Å². The van der Waals surface area contributed by atoms with Crippen molar-refractivity contribution < 1.29 is 14.0 Å². The van der Waals surface area contributed by atoms with Crippen LogP contribution in [0.5, 0.6) is 5.88 Å². The number of nitrogens with zero attached hydrogens (tertiary/aromatic N) is 1. The molecule has 1 atom stereocenters. The van der Waals surface area contributed by atoms with Gasteiger partial charge >= 0.3 is 7.60 Å². The Morgan fingerprint density at radius 3 is 2.60 bits per heavy atom. The number of pyridine rings is 1. The molecule has 4 nitrogen and oxygen atoms in total. The molecule has 0 spiro atoms. The summed E-state index contributed by atoms with van der Waals surface area (Å²) in [6, 6.07) is 13.6. The second kappa shape index (κ2) is 4.58. The Morgan fingerprint density at radius 1 is 1.10 bits per heavy atom. The second-order valence-corrected chi connectivity index (χ2v) is 6.67. The van der Waals surface area contributed by atoms with Gasteiger partial charge in [0.1, 0.15) is 0 Å². The van der Waals surface area contributed by atoms with Crippen LogP contribution in [0.25, 0.3) is 21.7 Å². The molecule has 1 N–H and O–H groups in total. The van der Waals surface area contributed by atoms with Gasteiger partial charge in [0.15, 0.2) is 0 Å². The molecular formula is C15H14NO3P. The SMILES string of the molecule is Cc1ccc2c(c1)c(OP(C)(=O)O)nc1ccccc12. The van der Waals surface area contributed by atoms with Gasteiger partial charge in [-0.3, -0.25) is 0 Å². The number of hydrogen-bond donors (Lipinski definition) is 1. The normalized spacial score (nSPS) is 14.3. The number of para-hydroxylation sites is 1. The summed E-state index contributed by atoms with van der Waals surface area (Å²) in [6.45, 7) is 3.12. The molecule has 1 heterocycles. The van der Waals surface area contributed by atoms with Crippen molar-refractivity contribution in [2.75, 3.05) is 6.66 Å². The van der Waals surface area contributed by atoms with Gasteiger partial charge < -0.3 is 9.42 Å². The van der Waals surface area contributed by atoms with Crippen LogP contribution in [-0.2, 0) is 4.57 Å². The van der Waals surface area contributed by atoms with Gasteiger partial charge in [0, 0.05) is 17.4 Å². The van der Waals surface area contributed by atoms with Gasteiger partial charge in [-0.25, -0.2) is 9.55 Å². The summed E-state index contributed by atoms with van der Waals surface area (Å²) in [6.07, 6.45) is 0. The third-order valence-corrected chi connectivity index (χ3v) is 3.59. The van der Waals surface area contributed by atoms with E-state index in [4.69, 9.17) is 4.52 Å². The first-order chi connectivity index (χ1) is 9.44. The third kappa shape index (κ3) is 2.40. The molecule has 0 saturated heterocycles. The summed E-state index contributed by atoms with van der Waals surface area (Å²) in [7, 11) is -3.65. The van der Waals surface area contributed by atoms with E-state index in [1.165, 1.54) is 0 Å². The molecule has 0 amide bonds. The van der Waals surface area contributed by atoms with Crippen molar-refractivity contribution >= 4 is 29.3 Å². The van der Waals surface area contributed by atoms with Crippen LogP contribution < -0.4 is 4.52 Å². The zero-order valence-corrected chi connectivity index (χ0v) is 12.1. The van der Waals surface area contributed by atoms with Gasteiger partial charge in [0.2, 0.25) is 5.88 Å². The second-order valence-electron chi connectivity index (χ2n) is 4.88. The molecule has 20 heavy (non-hydrogen) atoms. The first-order valence-electron chi connectivity index (χ1n) is 6.23. The zero-order chi connectivity index (χ0) is 14.3. The van der Waals surface area contributed by atoms with E-state index >= 15 is 0 Å². The lowest BCUT2D eigenvalue weighted by atomic mass is 10.0. The van der Waals surface area contributed by atoms with Crippen LogP contribution in [-0.4, -0.2) is 16.5 Å². The Hall–Kier alpha value is -1.90. The van der Waals surface area contributed by atoms with E-state index in [-0.39, 0.29) is 5.88 Å². The Kier molecular flexibility index (Phi) is 3.00. The Balaban J connectivity index is 2.41. The van der Waals surface area contributed by atoms with Crippen molar-refractivity contribution in [1.82, 2.24) is 4.98 Å². The Labute approximate surface area is 116 Å². The van der Waals surface area contributed by atoms with Gasteiger partial charge in [-0.05, 0) is 24.4 Å². The van der Waals surface area contributed by atoms with Crippen LogP contribution in [0, 0.1) is 6.92 Å². The highest BCUT2D eigenvalue weighted by atomic mass is 31.2. The van der Waals surface area contributed by atoms with Crippen LogP contribution in [0.1, 0.15) is 5.56 Å². The van der Waals surface area contributed by atoms with E-state index in [2.05, 4.69) is 4.98 Å². The fourth-order valence-electron chi connectivity index (χ4n) is 2.27. The van der Waals surface area contributed by atoms with Crippen molar-refractivity contribution in [3.63, 3.8) is 0 Å². The highest BCUT2D eigenvalue weighted by Crippen LogP contribution is 2.41. The van der Waals surface area contributed by atoms with Crippen LogP contribution in [0.4, 0.5) is 0 Å². The molecule has 0 aliphatic carbocycles. The van der Waals surface area contributed by atoms with E-state index in [1.807, 2.05) is 49.4 Å². The maximum absolute atomic E-state index is 11.5. The summed E-state index contributed by atoms with van der Waals surface area (Å²) < 4.78 is 16.7. The molecule has 0 bridgehead atoms. The van der Waals surface area contributed by atoms with Gasteiger partial charge in [-0.15, -0.1) is 0 Å². The Morgan fingerprint density at radius 2 is 1.85 bits per heavy atom. The van der Waals surface area contributed by atoms with E-state index in [1.54, 1.807) is 0 Å². The third-order valence-electron chi connectivity index (χ3n) is 3.08. The van der Waals surface area contributed by atoms with E-state index in [0.717, 1.165) is 33.9 Å². The molecule has 2 aromatic carbocycles.